The highest BCUT2D eigenvalue weighted by Crippen LogP contribution is 2.35. The zero-order chi connectivity index (χ0) is 18.7. The number of hydrogen-bond acceptors (Lipinski definition) is 5. The number of benzene rings is 1. The van der Waals surface area contributed by atoms with Crippen LogP contribution in [0.2, 0.25) is 10.0 Å². The SMILES string of the molecule is O=C(O)COc1c(Cl)cc(/C=C2/NC(=O)N(CC(=O)O)C2=O)cc1Cl. The van der Waals surface area contributed by atoms with Crippen LogP contribution in [0.4, 0.5) is 4.79 Å². The van der Waals surface area contributed by atoms with Crippen LogP contribution in [0.5, 0.6) is 5.75 Å². The monoisotopic (exact) mass is 388 g/mol. The van der Waals surface area contributed by atoms with Crippen LogP contribution in [0.15, 0.2) is 17.8 Å². The first-order valence-corrected chi connectivity index (χ1v) is 7.34. The van der Waals surface area contributed by atoms with Gasteiger partial charge >= 0.3 is 18.0 Å². The molecule has 0 unspecified atom stereocenters. The number of halogens is 2. The molecule has 0 spiro atoms. The summed E-state index contributed by atoms with van der Waals surface area (Å²) >= 11 is 11.9. The summed E-state index contributed by atoms with van der Waals surface area (Å²) in [5.41, 5.74) is 0.163. The fraction of sp³-hybridized carbons (Fsp3) is 0.143. The van der Waals surface area contributed by atoms with E-state index in [1.807, 2.05) is 0 Å². The second-order valence-electron chi connectivity index (χ2n) is 4.77. The van der Waals surface area contributed by atoms with Gasteiger partial charge in [0.2, 0.25) is 0 Å². The number of nitrogens with one attached hydrogen (secondary N) is 1. The maximum Gasteiger partial charge on any atom is 0.341 e. The molecule has 0 aromatic heterocycles. The van der Waals surface area contributed by atoms with Gasteiger partial charge in [-0.05, 0) is 23.8 Å². The van der Waals surface area contributed by atoms with Gasteiger partial charge in [-0.3, -0.25) is 9.59 Å². The normalized spacial score (nSPS) is 15.4. The van der Waals surface area contributed by atoms with Crippen molar-refractivity contribution in [2.45, 2.75) is 0 Å². The van der Waals surface area contributed by atoms with E-state index >= 15 is 0 Å². The summed E-state index contributed by atoms with van der Waals surface area (Å²) in [4.78, 5) is 45.4. The number of urea groups is 1. The molecule has 1 aliphatic heterocycles. The molecule has 0 saturated carbocycles. The standard InChI is InChI=1S/C14H10Cl2N2O7/c15-7-1-6(2-8(16)12(7)25-5-11(21)22)3-9-13(23)18(4-10(19)20)14(24)17-9/h1-3H,4-5H2,(H,17,24)(H,19,20)(H,21,22)/b9-3+. The van der Waals surface area contributed by atoms with Crippen molar-refractivity contribution in [2.75, 3.05) is 13.2 Å². The Labute approximate surface area is 150 Å². The van der Waals surface area contributed by atoms with E-state index in [2.05, 4.69) is 5.32 Å². The largest absolute Gasteiger partial charge is 0.480 e. The lowest BCUT2D eigenvalue weighted by molar-refractivity contribution is -0.140. The van der Waals surface area contributed by atoms with E-state index in [-0.39, 0.29) is 21.5 Å². The third-order valence-electron chi connectivity index (χ3n) is 2.93. The molecule has 0 radical (unpaired) electrons. The number of ether oxygens (including phenoxy) is 1. The van der Waals surface area contributed by atoms with Gasteiger partial charge in [0.1, 0.15) is 12.2 Å². The first-order chi connectivity index (χ1) is 11.7. The third-order valence-corrected chi connectivity index (χ3v) is 3.49. The lowest BCUT2D eigenvalue weighted by Gasteiger charge is -2.09. The van der Waals surface area contributed by atoms with Crippen molar-refractivity contribution in [1.82, 2.24) is 10.2 Å². The average Bonchev–Trinajstić information content (AvgIpc) is 2.73. The zero-order valence-corrected chi connectivity index (χ0v) is 13.8. The molecule has 11 heteroatoms. The first kappa shape index (κ1) is 18.6. The molecule has 3 amide bonds. The second-order valence-corrected chi connectivity index (χ2v) is 5.58. The summed E-state index contributed by atoms with van der Waals surface area (Å²) in [6.07, 6.45) is 1.25. The predicted octanol–water partition coefficient (Wildman–Crippen LogP) is 1.43. The van der Waals surface area contributed by atoms with Crippen molar-refractivity contribution >= 4 is 53.2 Å². The number of rotatable bonds is 6. The van der Waals surface area contributed by atoms with E-state index in [0.29, 0.717) is 10.5 Å². The summed E-state index contributed by atoms with van der Waals surface area (Å²) < 4.78 is 4.96. The highest BCUT2D eigenvalue weighted by molar-refractivity contribution is 6.37. The van der Waals surface area contributed by atoms with Crippen LogP contribution in [0.3, 0.4) is 0 Å². The van der Waals surface area contributed by atoms with E-state index in [4.69, 9.17) is 38.2 Å². The lowest BCUT2D eigenvalue weighted by Crippen LogP contribution is -2.35. The van der Waals surface area contributed by atoms with Crippen molar-refractivity contribution in [2.24, 2.45) is 0 Å². The second kappa shape index (κ2) is 7.41. The minimum atomic E-state index is -1.34. The number of hydrogen-bond donors (Lipinski definition) is 3. The number of nitrogens with zero attached hydrogens (tertiary/aromatic N) is 1. The Morgan fingerprint density at radius 3 is 2.28 bits per heavy atom. The predicted molar refractivity (Wildman–Crippen MR) is 85.5 cm³/mol. The van der Waals surface area contributed by atoms with Gasteiger partial charge < -0.3 is 20.3 Å². The average molecular weight is 389 g/mol. The number of aliphatic carboxylic acids is 2. The van der Waals surface area contributed by atoms with Crippen LogP contribution < -0.4 is 10.1 Å². The van der Waals surface area contributed by atoms with E-state index in [1.54, 1.807) is 0 Å². The van der Waals surface area contributed by atoms with Gasteiger partial charge in [-0.1, -0.05) is 23.2 Å². The molecule has 132 valence electrons. The van der Waals surface area contributed by atoms with E-state index in [1.165, 1.54) is 18.2 Å². The Hall–Kier alpha value is -2.78. The van der Waals surface area contributed by atoms with Crippen LogP contribution in [0.25, 0.3) is 6.08 Å². The van der Waals surface area contributed by atoms with Gasteiger partial charge in [0.05, 0.1) is 10.0 Å². The van der Waals surface area contributed by atoms with Crippen molar-refractivity contribution in [3.63, 3.8) is 0 Å². The Kier molecular flexibility index (Phi) is 5.50. The molecule has 0 bridgehead atoms. The number of carboxylic acids is 2. The van der Waals surface area contributed by atoms with Crippen LogP contribution in [0.1, 0.15) is 5.56 Å². The topological polar surface area (TPSA) is 133 Å². The molecule has 1 aromatic rings. The molecule has 0 aliphatic carbocycles. The van der Waals surface area contributed by atoms with Crippen LogP contribution >= 0.6 is 23.2 Å². The van der Waals surface area contributed by atoms with Gasteiger partial charge in [-0.2, -0.15) is 0 Å². The maximum absolute atomic E-state index is 12.0. The molecule has 9 nitrogen and oxygen atoms in total. The number of carbonyl (C=O) groups is 4. The molecule has 1 saturated heterocycles. The molecule has 1 heterocycles. The van der Waals surface area contributed by atoms with Crippen molar-refractivity contribution in [1.29, 1.82) is 0 Å². The molecule has 0 atom stereocenters. The highest BCUT2D eigenvalue weighted by Gasteiger charge is 2.34. The van der Waals surface area contributed by atoms with Gasteiger partial charge in [0.15, 0.2) is 12.4 Å². The number of imide groups is 1. The number of carboxylic acid groups (broad SMARTS) is 2. The Balaban J connectivity index is 2.26. The summed E-state index contributed by atoms with van der Waals surface area (Å²) in [6.45, 7) is -1.41. The fourth-order valence-corrected chi connectivity index (χ4v) is 2.56. The molecular formula is C14H10Cl2N2O7. The first-order valence-electron chi connectivity index (χ1n) is 6.59. The van der Waals surface area contributed by atoms with E-state index in [9.17, 15) is 19.2 Å². The van der Waals surface area contributed by atoms with Crippen LogP contribution in [-0.2, 0) is 14.4 Å². The minimum Gasteiger partial charge on any atom is -0.480 e. The van der Waals surface area contributed by atoms with Crippen LogP contribution in [0, 0.1) is 0 Å². The summed E-state index contributed by atoms with van der Waals surface area (Å²) in [5.74, 6) is -3.40. The van der Waals surface area contributed by atoms with E-state index in [0.717, 1.165) is 0 Å². The Bertz CT molecular complexity index is 783. The quantitative estimate of drug-likeness (QED) is 0.495. The third kappa shape index (κ3) is 4.40. The Morgan fingerprint density at radius 1 is 1.16 bits per heavy atom. The molecule has 25 heavy (non-hydrogen) atoms. The number of carbonyl (C=O) groups excluding carboxylic acids is 2. The molecule has 1 aliphatic rings. The lowest BCUT2D eigenvalue weighted by atomic mass is 10.1. The van der Waals surface area contributed by atoms with Gasteiger partial charge in [-0.25, -0.2) is 14.5 Å². The van der Waals surface area contributed by atoms with Crippen LogP contribution in [-0.4, -0.2) is 52.1 Å². The van der Waals surface area contributed by atoms with Gasteiger partial charge in [0, 0.05) is 0 Å². The molecule has 1 fully saturated rings. The van der Waals surface area contributed by atoms with Gasteiger partial charge in [0.25, 0.3) is 5.91 Å². The highest BCUT2D eigenvalue weighted by atomic mass is 35.5. The summed E-state index contributed by atoms with van der Waals surface area (Å²) in [6, 6.07) is 1.82. The number of amides is 3. The summed E-state index contributed by atoms with van der Waals surface area (Å²) in [7, 11) is 0. The molecule has 1 aromatic carbocycles. The summed E-state index contributed by atoms with van der Waals surface area (Å²) in [5, 5.41) is 19.5. The van der Waals surface area contributed by atoms with Gasteiger partial charge in [-0.15, -0.1) is 0 Å². The zero-order valence-electron chi connectivity index (χ0n) is 12.3. The van der Waals surface area contributed by atoms with E-state index < -0.39 is 37.0 Å². The van der Waals surface area contributed by atoms with Crippen molar-refractivity contribution in [3.05, 3.63) is 33.4 Å². The van der Waals surface area contributed by atoms with Crippen molar-refractivity contribution in [3.8, 4) is 5.75 Å². The smallest absolute Gasteiger partial charge is 0.341 e. The maximum atomic E-state index is 12.0. The molecular weight excluding hydrogens is 379 g/mol. The van der Waals surface area contributed by atoms with Crippen molar-refractivity contribution < 1.29 is 34.1 Å². The molecule has 2 rings (SSSR count). The minimum absolute atomic E-state index is 0.000218. The molecule has 3 N–H and O–H groups in total. The Morgan fingerprint density at radius 2 is 1.76 bits per heavy atom. The fourth-order valence-electron chi connectivity index (χ4n) is 1.95.